The highest BCUT2D eigenvalue weighted by atomic mass is 32.1. The van der Waals surface area contributed by atoms with Gasteiger partial charge < -0.3 is 9.80 Å². The van der Waals surface area contributed by atoms with Gasteiger partial charge in [0, 0.05) is 42.5 Å². The van der Waals surface area contributed by atoms with Crippen LogP contribution in [0.1, 0.15) is 48.0 Å². The lowest BCUT2D eigenvalue weighted by atomic mass is 9.72. The number of anilines is 1. The Bertz CT molecular complexity index is 940. The van der Waals surface area contributed by atoms with Crippen molar-refractivity contribution in [3.63, 3.8) is 0 Å². The second kappa shape index (κ2) is 7.98. The standard InChI is InChI=1S/C22H28N4O3S/c1-22(2,3)15-4-6-17-18(14-30-19(17)12-15)21(27)25-10-8-24(9-11-25)20-7-5-16(13-23-20)26(28)29/h5,7,13-15H,4,6,8-12H2,1-3H3. The number of nitrogens with zero attached hydrogens (tertiary/aromatic N) is 4. The lowest BCUT2D eigenvalue weighted by Crippen LogP contribution is -2.49. The third kappa shape index (κ3) is 4.05. The lowest BCUT2D eigenvalue weighted by Gasteiger charge is -2.36. The molecule has 1 aliphatic heterocycles. The number of carbonyl (C=O) groups excluding carboxylic acids is 1. The summed E-state index contributed by atoms with van der Waals surface area (Å²) in [5, 5.41) is 12.9. The van der Waals surface area contributed by atoms with Gasteiger partial charge in [-0.2, -0.15) is 0 Å². The van der Waals surface area contributed by atoms with E-state index in [0.29, 0.717) is 43.3 Å². The minimum atomic E-state index is -0.446. The Morgan fingerprint density at radius 1 is 1.23 bits per heavy atom. The molecule has 7 nitrogen and oxygen atoms in total. The van der Waals surface area contributed by atoms with Gasteiger partial charge in [0.15, 0.2) is 0 Å². The van der Waals surface area contributed by atoms with Gasteiger partial charge in [-0.25, -0.2) is 4.98 Å². The molecule has 1 atom stereocenters. The molecule has 8 heteroatoms. The van der Waals surface area contributed by atoms with Gasteiger partial charge in [0.05, 0.1) is 10.5 Å². The third-order valence-corrected chi connectivity index (χ3v) is 7.50. The number of aromatic nitrogens is 1. The van der Waals surface area contributed by atoms with E-state index in [1.54, 1.807) is 17.4 Å². The van der Waals surface area contributed by atoms with Gasteiger partial charge >= 0.3 is 0 Å². The van der Waals surface area contributed by atoms with Gasteiger partial charge in [-0.1, -0.05) is 20.8 Å². The van der Waals surface area contributed by atoms with Crippen LogP contribution in [0.4, 0.5) is 11.5 Å². The molecule has 30 heavy (non-hydrogen) atoms. The lowest BCUT2D eigenvalue weighted by molar-refractivity contribution is -0.385. The summed E-state index contributed by atoms with van der Waals surface area (Å²) in [6.45, 7) is 9.54. The molecule has 0 saturated carbocycles. The van der Waals surface area contributed by atoms with Crippen molar-refractivity contribution in [2.45, 2.75) is 40.0 Å². The Balaban J connectivity index is 1.40. The Kier molecular flexibility index (Phi) is 5.53. The molecule has 160 valence electrons. The van der Waals surface area contributed by atoms with Crippen molar-refractivity contribution in [1.82, 2.24) is 9.88 Å². The summed E-state index contributed by atoms with van der Waals surface area (Å²) in [5.41, 5.74) is 2.45. The number of amides is 1. The van der Waals surface area contributed by atoms with E-state index >= 15 is 0 Å². The highest BCUT2D eigenvalue weighted by molar-refractivity contribution is 7.10. The first-order valence-electron chi connectivity index (χ1n) is 10.5. The van der Waals surface area contributed by atoms with Crippen LogP contribution < -0.4 is 4.90 Å². The molecule has 2 aromatic rings. The van der Waals surface area contributed by atoms with Crippen molar-refractivity contribution >= 4 is 28.7 Å². The molecule has 2 aromatic heterocycles. The van der Waals surface area contributed by atoms with Crippen molar-refractivity contribution in [2.24, 2.45) is 11.3 Å². The van der Waals surface area contributed by atoms with Gasteiger partial charge in [-0.15, -0.1) is 11.3 Å². The quantitative estimate of drug-likeness (QED) is 0.542. The molecule has 0 radical (unpaired) electrons. The van der Waals surface area contributed by atoms with E-state index in [0.717, 1.165) is 24.8 Å². The zero-order valence-electron chi connectivity index (χ0n) is 17.8. The molecule has 1 fully saturated rings. The van der Waals surface area contributed by atoms with E-state index in [1.165, 1.54) is 22.7 Å². The molecule has 1 unspecified atom stereocenters. The van der Waals surface area contributed by atoms with Crippen LogP contribution in [0.5, 0.6) is 0 Å². The SMILES string of the molecule is CC(C)(C)C1CCc2c(C(=O)N3CCN(c4ccc([N+](=O)[O-])cn4)CC3)csc2C1. The van der Waals surface area contributed by atoms with E-state index in [-0.39, 0.29) is 11.6 Å². The number of hydrogen-bond acceptors (Lipinski definition) is 6. The average molecular weight is 429 g/mol. The summed E-state index contributed by atoms with van der Waals surface area (Å²) in [4.78, 5) is 33.2. The number of pyridine rings is 1. The van der Waals surface area contributed by atoms with Crippen molar-refractivity contribution in [1.29, 1.82) is 0 Å². The number of fused-ring (bicyclic) bond motifs is 1. The molecule has 0 spiro atoms. The Labute approximate surface area is 180 Å². The Morgan fingerprint density at radius 2 is 1.97 bits per heavy atom. The summed E-state index contributed by atoms with van der Waals surface area (Å²) in [6, 6.07) is 3.15. The van der Waals surface area contributed by atoms with Crippen LogP contribution in [-0.4, -0.2) is 46.9 Å². The number of nitro groups is 1. The molecular formula is C22H28N4O3S. The summed E-state index contributed by atoms with van der Waals surface area (Å²) < 4.78 is 0. The number of carbonyl (C=O) groups is 1. The molecule has 1 amide bonds. The third-order valence-electron chi connectivity index (χ3n) is 6.44. The number of hydrogen-bond donors (Lipinski definition) is 0. The second-order valence-corrected chi connectivity index (χ2v) is 10.2. The summed E-state index contributed by atoms with van der Waals surface area (Å²) >= 11 is 1.74. The van der Waals surface area contributed by atoms with Crippen LogP contribution in [0.2, 0.25) is 0 Å². The van der Waals surface area contributed by atoms with Crippen LogP contribution >= 0.6 is 11.3 Å². The molecule has 0 N–H and O–H groups in total. The first-order valence-corrected chi connectivity index (χ1v) is 11.4. The molecule has 1 aliphatic carbocycles. The van der Waals surface area contributed by atoms with Gasteiger partial charge in [0.2, 0.25) is 0 Å². The van der Waals surface area contributed by atoms with E-state index in [9.17, 15) is 14.9 Å². The van der Waals surface area contributed by atoms with E-state index < -0.39 is 4.92 Å². The summed E-state index contributed by atoms with van der Waals surface area (Å²) in [5.74, 6) is 1.52. The number of rotatable bonds is 3. The molecule has 2 aliphatic rings. The predicted molar refractivity (Wildman–Crippen MR) is 118 cm³/mol. The van der Waals surface area contributed by atoms with Crippen LogP contribution in [0.15, 0.2) is 23.7 Å². The van der Waals surface area contributed by atoms with Crippen molar-refractivity contribution in [2.75, 3.05) is 31.1 Å². The zero-order chi connectivity index (χ0) is 21.5. The largest absolute Gasteiger partial charge is 0.353 e. The van der Waals surface area contributed by atoms with Gasteiger partial charge in [-0.05, 0) is 42.2 Å². The van der Waals surface area contributed by atoms with Crippen LogP contribution in [0, 0.1) is 21.4 Å². The van der Waals surface area contributed by atoms with E-state index in [1.807, 2.05) is 4.90 Å². The first-order chi connectivity index (χ1) is 14.2. The molecule has 0 aromatic carbocycles. The van der Waals surface area contributed by atoms with Gasteiger partial charge in [-0.3, -0.25) is 14.9 Å². The van der Waals surface area contributed by atoms with E-state index in [4.69, 9.17) is 0 Å². The summed E-state index contributed by atoms with van der Waals surface area (Å²) in [7, 11) is 0. The minimum absolute atomic E-state index is 0.0107. The normalized spacial score (nSPS) is 19.5. The zero-order valence-corrected chi connectivity index (χ0v) is 18.6. The molecule has 1 saturated heterocycles. The maximum Gasteiger partial charge on any atom is 0.287 e. The first kappa shape index (κ1) is 20.8. The number of thiophene rings is 1. The van der Waals surface area contributed by atoms with Crippen LogP contribution in [0.3, 0.4) is 0 Å². The summed E-state index contributed by atoms with van der Waals surface area (Å²) in [6.07, 6.45) is 4.51. The van der Waals surface area contributed by atoms with Crippen LogP contribution in [0.25, 0.3) is 0 Å². The van der Waals surface area contributed by atoms with Crippen LogP contribution in [-0.2, 0) is 12.8 Å². The predicted octanol–water partition coefficient (Wildman–Crippen LogP) is 4.16. The maximum absolute atomic E-state index is 13.2. The highest BCUT2D eigenvalue weighted by Crippen LogP contribution is 2.40. The van der Waals surface area contributed by atoms with Gasteiger partial charge in [0.1, 0.15) is 12.0 Å². The molecule has 4 rings (SSSR count). The number of piperazine rings is 1. The van der Waals surface area contributed by atoms with Crippen molar-refractivity contribution in [3.8, 4) is 0 Å². The maximum atomic E-state index is 13.2. The fourth-order valence-electron chi connectivity index (χ4n) is 4.41. The molecule has 0 bridgehead atoms. The van der Waals surface area contributed by atoms with Crippen molar-refractivity contribution < 1.29 is 9.72 Å². The Morgan fingerprint density at radius 3 is 2.57 bits per heavy atom. The second-order valence-electron chi connectivity index (χ2n) is 9.27. The minimum Gasteiger partial charge on any atom is -0.353 e. The monoisotopic (exact) mass is 428 g/mol. The van der Waals surface area contributed by atoms with E-state index in [2.05, 4.69) is 36.0 Å². The van der Waals surface area contributed by atoms with Gasteiger partial charge in [0.25, 0.3) is 11.6 Å². The average Bonchev–Trinajstić information content (AvgIpc) is 3.16. The molecule has 3 heterocycles. The smallest absolute Gasteiger partial charge is 0.287 e. The molecular weight excluding hydrogens is 400 g/mol. The fourth-order valence-corrected chi connectivity index (χ4v) is 5.57. The topological polar surface area (TPSA) is 79.6 Å². The fraction of sp³-hybridized carbons (Fsp3) is 0.545. The highest BCUT2D eigenvalue weighted by Gasteiger charge is 2.33. The van der Waals surface area contributed by atoms with Crippen molar-refractivity contribution in [3.05, 3.63) is 49.8 Å². The Hall–Kier alpha value is -2.48.